The molecular formula is C7H15N3O2. The Morgan fingerprint density at radius 2 is 1.83 bits per heavy atom. The largest absolute Gasteiger partial charge is 0.468 e. The molecule has 0 aromatic carbocycles. The third-order valence-electron chi connectivity index (χ3n) is 1.33. The van der Waals surface area contributed by atoms with Gasteiger partial charge in [0.1, 0.15) is 0 Å². The number of amides is 2. The van der Waals surface area contributed by atoms with Gasteiger partial charge >= 0.3 is 6.03 Å². The number of aliphatic imine (C=N–C) groups is 1. The SMILES string of the molecule is CN=C(OC)N(C)C(=O)N(C)C. The van der Waals surface area contributed by atoms with Gasteiger partial charge in [0.15, 0.2) is 0 Å². The van der Waals surface area contributed by atoms with E-state index >= 15 is 0 Å². The van der Waals surface area contributed by atoms with E-state index < -0.39 is 0 Å². The number of hydrogen-bond acceptors (Lipinski definition) is 3. The van der Waals surface area contributed by atoms with Gasteiger partial charge in [0.2, 0.25) is 0 Å². The highest BCUT2D eigenvalue weighted by Gasteiger charge is 2.15. The third-order valence-corrected chi connectivity index (χ3v) is 1.33. The molecule has 0 bridgehead atoms. The molecule has 0 saturated carbocycles. The highest BCUT2D eigenvalue weighted by molar-refractivity contribution is 5.92. The van der Waals surface area contributed by atoms with Crippen molar-refractivity contribution in [2.24, 2.45) is 4.99 Å². The summed E-state index contributed by atoms with van der Waals surface area (Å²) in [6.45, 7) is 0. The van der Waals surface area contributed by atoms with Gasteiger partial charge in [0, 0.05) is 28.2 Å². The molecule has 12 heavy (non-hydrogen) atoms. The number of carbonyl (C=O) groups is 1. The van der Waals surface area contributed by atoms with Gasteiger partial charge in [-0.05, 0) is 0 Å². The summed E-state index contributed by atoms with van der Waals surface area (Å²) in [6.07, 6.45) is 0. The van der Waals surface area contributed by atoms with Crippen LogP contribution in [0.1, 0.15) is 0 Å². The molecule has 0 heterocycles. The molecule has 0 aromatic heterocycles. The van der Waals surface area contributed by atoms with Crippen molar-refractivity contribution in [2.45, 2.75) is 0 Å². The zero-order valence-corrected chi connectivity index (χ0v) is 8.16. The van der Waals surface area contributed by atoms with Crippen LogP contribution in [0.25, 0.3) is 0 Å². The van der Waals surface area contributed by atoms with E-state index in [-0.39, 0.29) is 6.03 Å². The molecule has 0 radical (unpaired) electrons. The maximum Gasteiger partial charge on any atom is 0.327 e. The van der Waals surface area contributed by atoms with Gasteiger partial charge in [-0.2, -0.15) is 0 Å². The van der Waals surface area contributed by atoms with Crippen molar-refractivity contribution in [1.82, 2.24) is 9.80 Å². The molecule has 5 heteroatoms. The van der Waals surface area contributed by atoms with E-state index in [4.69, 9.17) is 4.74 Å². The quantitative estimate of drug-likeness (QED) is 0.389. The van der Waals surface area contributed by atoms with Crippen LogP contribution < -0.4 is 0 Å². The molecule has 2 amide bonds. The van der Waals surface area contributed by atoms with Gasteiger partial charge in [0.05, 0.1) is 7.11 Å². The topological polar surface area (TPSA) is 45.1 Å². The van der Waals surface area contributed by atoms with Crippen molar-refractivity contribution < 1.29 is 9.53 Å². The second-order valence-electron chi connectivity index (χ2n) is 2.45. The van der Waals surface area contributed by atoms with Crippen molar-refractivity contribution in [3.63, 3.8) is 0 Å². The van der Waals surface area contributed by atoms with Crippen LogP contribution in [-0.2, 0) is 4.74 Å². The first-order chi connectivity index (χ1) is 5.54. The fourth-order valence-electron chi connectivity index (χ4n) is 0.760. The van der Waals surface area contributed by atoms with Crippen LogP contribution in [0.4, 0.5) is 4.79 Å². The molecular weight excluding hydrogens is 158 g/mol. The zero-order chi connectivity index (χ0) is 9.72. The zero-order valence-electron chi connectivity index (χ0n) is 8.16. The van der Waals surface area contributed by atoms with E-state index in [0.717, 1.165) is 0 Å². The molecule has 0 rings (SSSR count). The maximum absolute atomic E-state index is 11.3. The smallest absolute Gasteiger partial charge is 0.327 e. The van der Waals surface area contributed by atoms with Gasteiger partial charge in [-0.1, -0.05) is 0 Å². The first kappa shape index (κ1) is 10.7. The minimum atomic E-state index is -0.169. The minimum Gasteiger partial charge on any atom is -0.468 e. The summed E-state index contributed by atoms with van der Waals surface area (Å²) < 4.78 is 4.86. The number of nitrogens with zero attached hydrogens (tertiary/aromatic N) is 3. The molecule has 0 aliphatic rings. The van der Waals surface area contributed by atoms with Crippen LogP contribution in [0.2, 0.25) is 0 Å². The van der Waals surface area contributed by atoms with E-state index in [1.165, 1.54) is 16.9 Å². The Morgan fingerprint density at radius 1 is 1.33 bits per heavy atom. The predicted octanol–water partition coefficient (Wildman–Crippen LogP) is 0.232. The van der Waals surface area contributed by atoms with Gasteiger partial charge < -0.3 is 9.64 Å². The van der Waals surface area contributed by atoms with E-state index in [1.54, 1.807) is 28.2 Å². The molecule has 0 aromatic rings. The average molecular weight is 173 g/mol. The van der Waals surface area contributed by atoms with Crippen molar-refractivity contribution >= 4 is 12.1 Å². The molecule has 5 nitrogen and oxygen atoms in total. The Morgan fingerprint density at radius 3 is 2.08 bits per heavy atom. The Hall–Kier alpha value is -1.26. The summed E-state index contributed by atoms with van der Waals surface area (Å²) in [5.74, 6) is 0. The molecule has 70 valence electrons. The van der Waals surface area contributed by atoms with Gasteiger partial charge in [-0.15, -0.1) is 0 Å². The first-order valence-corrected chi connectivity index (χ1v) is 3.50. The highest BCUT2D eigenvalue weighted by Crippen LogP contribution is 1.93. The Kier molecular flexibility index (Phi) is 4.10. The van der Waals surface area contributed by atoms with E-state index in [9.17, 15) is 4.79 Å². The van der Waals surface area contributed by atoms with E-state index in [2.05, 4.69) is 4.99 Å². The number of urea groups is 1. The highest BCUT2D eigenvalue weighted by atomic mass is 16.5. The second kappa shape index (κ2) is 4.58. The maximum atomic E-state index is 11.3. The van der Waals surface area contributed by atoms with E-state index in [0.29, 0.717) is 6.02 Å². The number of rotatable bonds is 0. The molecule has 0 saturated heterocycles. The minimum absolute atomic E-state index is 0.169. The molecule has 0 N–H and O–H groups in total. The lowest BCUT2D eigenvalue weighted by Gasteiger charge is -2.21. The summed E-state index contributed by atoms with van der Waals surface area (Å²) in [5, 5.41) is 0. The average Bonchev–Trinajstić information content (AvgIpc) is 2.05. The molecule has 0 atom stereocenters. The molecule has 0 aliphatic heterocycles. The van der Waals surface area contributed by atoms with Crippen LogP contribution in [0, 0.1) is 0 Å². The van der Waals surface area contributed by atoms with Crippen molar-refractivity contribution in [2.75, 3.05) is 35.3 Å². The van der Waals surface area contributed by atoms with Gasteiger partial charge in [0.25, 0.3) is 6.02 Å². The lowest BCUT2D eigenvalue weighted by Crippen LogP contribution is -2.41. The number of methoxy groups -OCH3 is 1. The lowest BCUT2D eigenvalue weighted by molar-refractivity contribution is 0.191. The lowest BCUT2D eigenvalue weighted by atomic mass is 10.7. The van der Waals surface area contributed by atoms with Crippen LogP contribution in [0.5, 0.6) is 0 Å². The summed E-state index contributed by atoms with van der Waals surface area (Å²) in [7, 11) is 7.98. The Bertz CT molecular complexity index is 189. The van der Waals surface area contributed by atoms with E-state index in [1.807, 2.05) is 0 Å². The number of carbonyl (C=O) groups excluding carboxylic acids is 1. The van der Waals surface area contributed by atoms with Crippen LogP contribution in [-0.4, -0.2) is 57.2 Å². The van der Waals surface area contributed by atoms with Crippen LogP contribution in [0.3, 0.4) is 0 Å². The molecule has 0 aliphatic carbocycles. The number of ether oxygens (including phenoxy) is 1. The summed E-state index contributed by atoms with van der Waals surface area (Å²) in [6, 6.07) is 0.131. The van der Waals surface area contributed by atoms with Crippen molar-refractivity contribution in [3.8, 4) is 0 Å². The molecule has 0 spiro atoms. The van der Waals surface area contributed by atoms with Crippen LogP contribution in [0.15, 0.2) is 4.99 Å². The Labute approximate surface area is 72.6 Å². The normalized spacial score (nSPS) is 10.9. The van der Waals surface area contributed by atoms with Gasteiger partial charge in [-0.25, -0.2) is 9.79 Å². The van der Waals surface area contributed by atoms with Gasteiger partial charge in [-0.3, -0.25) is 4.90 Å². The molecule has 0 fully saturated rings. The first-order valence-electron chi connectivity index (χ1n) is 3.50. The summed E-state index contributed by atoms with van der Waals surface area (Å²) in [5.41, 5.74) is 0. The number of amidine groups is 1. The fraction of sp³-hybridized carbons (Fsp3) is 0.714. The standard InChI is InChI=1S/C7H15N3O2/c1-8-6(12-5)10(4)7(11)9(2)3/h1-5H3. The Balaban J connectivity index is 4.37. The fourth-order valence-corrected chi connectivity index (χ4v) is 0.760. The monoisotopic (exact) mass is 173 g/mol. The molecule has 0 unspecified atom stereocenters. The summed E-state index contributed by atoms with van der Waals surface area (Å²) in [4.78, 5) is 17.9. The summed E-state index contributed by atoms with van der Waals surface area (Å²) >= 11 is 0. The second-order valence-corrected chi connectivity index (χ2v) is 2.45. The third kappa shape index (κ3) is 2.41. The van der Waals surface area contributed by atoms with Crippen molar-refractivity contribution in [1.29, 1.82) is 0 Å². The van der Waals surface area contributed by atoms with Crippen LogP contribution >= 0.6 is 0 Å². The number of hydrogen-bond donors (Lipinski definition) is 0. The predicted molar refractivity (Wildman–Crippen MR) is 47.2 cm³/mol. The van der Waals surface area contributed by atoms with Crippen molar-refractivity contribution in [3.05, 3.63) is 0 Å².